The van der Waals surface area contributed by atoms with Crippen LogP contribution in [0.1, 0.15) is 16.8 Å². The lowest BCUT2D eigenvalue weighted by molar-refractivity contribution is 0.0602. The zero-order valence-corrected chi connectivity index (χ0v) is 12.1. The summed E-state index contributed by atoms with van der Waals surface area (Å²) in [5.74, 6) is 0.0987. The molecule has 1 aromatic rings. The van der Waals surface area contributed by atoms with Crippen LogP contribution in [0.15, 0.2) is 18.2 Å². The van der Waals surface area contributed by atoms with E-state index >= 15 is 0 Å². The molecule has 1 fully saturated rings. The first-order valence-electron chi connectivity index (χ1n) is 6.33. The first-order chi connectivity index (χ1) is 9.41. The number of methoxy groups -OCH3 is 1. The number of nitrogens with one attached hydrogen (secondary N) is 1. The van der Waals surface area contributed by atoms with Crippen molar-refractivity contribution in [1.29, 1.82) is 0 Å². The molecule has 2 rings (SSSR count). The second-order valence-corrected chi connectivity index (χ2v) is 7.17. The van der Waals surface area contributed by atoms with Crippen LogP contribution in [0.2, 0.25) is 0 Å². The lowest BCUT2D eigenvalue weighted by Gasteiger charge is -2.12. The van der Waals surface area contributed by atoms with E-state index in [0.717, 1.165) is 5.69 Å². The quantitative estimate of drug-likeness (QED) is 0.633. The maximum Gasteiger partial charge on any atom is 0.340 e. The summed E-state index contributed by atoms with van der Waals surface area (Å²) in [5, 5.41) is 3.14. The summed E-state index contributed by atoms with van der Waals surface area (Å²) in [4.78, 5) is 11.5. The Kier molecular flexibility index (Phi) is 4.17. The van der Waals surface area contributed by atoms with Crippen molar-refractivity contribution < 1.29 is 17.9 Å². The first kappa shape index (κ1) is 14.6. The Morgan fingerprint density at radius 3 is 2.85 bits per heavy atom. The van der Waals surface area contributed by atoms with Crippen LogP contribution in [0.5, 0.6) is 0 Å². The summed E-state index contributed by atoms with van der Waals surface area (Å²) in [6, 6.07) is 5.00. The van der Waals surface area contributed by atoms with Gasteiger partial charge in [0.25, 0.3) is 0 Å². The summed E-state index contributed by atoms with van der Waals surface area (Å²) in [7, 11) is -1.57. The van der Waals surface area contributed by atoms with Crippen LogP contribution in [-0.4, -0.2) is 39.5 Å². The van der Waals surface area contributed by atoms with Crippen LogP contribution in [0.25, 0.3) is 0 Å². The highest BCUT2D eigenvalue weighted by Gasteiger charge is 2.27. The van der Waals surface area contributed by atoms with Crippen molar-refractivity contribution in [1.82, 2.24) is 0 Å². The fraction of sp³-hybridized carbons (Fsp3) is 0.462. The highest BCUT2D eigenvalue weighted by molar-refractivity contribution is 7.91. The van der Waals surface area contributed by atoms with Crippen molar-refractivity contribution >= 4 is 27.2 Å². The van der Waals surface area contributed by atoms with Crippen molar-refractivity contribution in [3.05, 3.63) is 23.8 Å². The van der Waals surface area contributed by atoms with Crippen molar-refractivity contribution in [2.45, 2.75) is 6.42 Å². The van der Waals surface area contributed by atoms with Gasteiger partial charge in [0, 0.05) is 17.9 Å². The van der Waals surface area contributed by atoms with Gasteiger partial charge in [0.2, 0.25) is 0 Å². The molecule has 6 nitrogen and oxygen atoms in total. The third kappa shape index (κ3) is 3.41. The lowest BCUT2D eigenvalue weighted by Crippen LogP contribution is -2.16. The smallest absolute Gasteiger partial charge is 0.340 e. The highest BCUT2D eigenvalue weighted by atomic mass is 32.2. The first-order valence-corrected chi connectivity index (χ1v) is 8.15. The number of ether oxygens (including phenoxy) is 1. The molecular formula is C13H18N2O4S. The van der Waals surface area contributed by atoms with E-state index in [1.54, 1.807) is 18.2 Å². The summed E-state index contributed by atoms with van der Waals surface area (Å²) in [6.07, 6.45) is 0.675. The number of nitrogen functional groups attached to an aromatic ring is 1. The Bertz CT molecular complexity index is 613. The number of carbonyl (C=O) groups is 1. The number of hydrogen-bond acceptors (Lipinski definition) is 6. The van der Waals surface area contributed by atoms with Gasteiger partial charge in [-0.2, -0.15) is 0 Å². The molecule has 0 amide bonds. The van der Waals surface area contributed by atoms with E-state index < -0.39 is 15.8 Å². The molecule has 0 aromatic heterocycles. The zero-order chi connectivity index (χ0) is 14.8. The van der Waals surface area contributed by atoms with Crippen LogP contribution >= 0.6 is 0 Å². The minimum atomic E-state index is -2.87. The molecule has 7 heteroatoms. The van der Waals surface area contributed by atoms with E-state index in [2.05, 4.69) is 10.1 Å². The second kappa shape index (κ2) is 5.70. The molecule has 3 N–H and O–H groups in total. The van der Waals surface area contributed by atoms with Gasteiger partial charge < -0.3 is 15.8 Å². The molecule has 20 heavy (non-hydrogen) atoms. The number of carbonyl (C=O) groups excluding carboxylic acids is 1. The number of anilines is 2. The SMILES string of the molecule is COC(=O)c1cc(NCC2CCS(=O)(=O)C2)ccc1N. The third-order valence-electron chi connectivity index (χ3n) is 3.38. The Morgan fingerprint density at radius 2 is 2.25 bits per heavy atom. The number of sulfone groups is 1. The van der Waals surface area contributed by atoms with E-state index in [-0.39, 0.29) is 17.4 Å². The summed E-state index contributed by atoms with van der Waals surface area (Å²) < 4.78 is 27.4. The maximum atomic E-state index is 11.5. The van der Waals surface area contributed by atoms with E-state index in [0.29, 0.717) is 24.2 Å². The fourth-order valence-electron chi connectivity index (χ4n) is 2.25. The number of hydrogen-bond donors (Lipinski definition) is 2. The average Bonchev–Trinajstić information content (AvgIpc) is 2.76. The zero-order valence-electron chi connectivity index (χ0n) is 11.3. The van der Waals surface area contributed by atoms with Gasteiger partial charge in [0.1, 0.15) is 0 Å². The van der Waals surface area contributed by atoms with E-state index in [1.807, 2.05) is 0 Å². The van der Waals surface area contributed by atoms with Gasteiger partial charge in [0.15, 0.2) is 9.84 Å². The standard InChI is InChI=1S/C13H18N2O4S/c1-19-13(16)11-6-10(2-3-12(11)14)15-7-9-4-5-20(17,18)8-9/h2-3,6,9,15H,4-5,7-8,14H2,1H3. The molecule has 1 aliphatic rings. The molecule has 1 atom stereocenters. The predicted octanol–water partition coefficient (Wildman–Crippen LogP) is 0.902. The average molecular weight is 298 g/mol. The Hall–Kier alpha value is -1.76. The van der Waals surface area contributed by atoms with Crippen LogP contribution in [0.4, 0.5) is 11.4 Å². The topological polar surface area (TPSA) is 98.5 Å². The number of rotatable bonds is 4. The molecule has 1 aliphatic heterocycles. The highest BCUT2D eigenvalue weighted by Crippen LogP contribution is 2.22. The van der Waals surface area contributed by atoms with Crippen LogP contribution in [0, 0.1) is 5.92 Å². The van der Waals surface area contributed by atoms with Gasteiger partial charge in [-0.25, -0.2) is 13.2 Å². The summed E-state index contributed by atoms with van der Waals surface area (Å²) in [5.41, 5.74) is 7.09. The maximum absolute atomic E-state index is 11.5. The molecule has 1 saturated heterocycles. The summed E-state index contributed by atoms with van der Waals surface area (Å²) in [6.45, 7) is 0.559. The van der Waals surface area contributed by atoms with Crippen molar-refractivity contribution in [2.75, 3.05) is 36.2 Å². The fourth-order valence-corrected chi connectivity index (χ4v) is 4.11. The lowest BCUT2D eigenvalue weighted by atomic mass is 10.1. The number of benzene rings is 1. The third-order valence-corrected chi connectivity index (χ3v) is 5.22. The minimum absolute atomic E-state index is 0.110. The monoisotopic (exact) mass is 298 g/mol. The molecule has 1 aromatic carbocycles. The number of esters is 1. The minimum Gasteiger partial charge on any atom is -0.465 e. The van der Waals surface area contributed by atoms with Gasteiger partial charge >= 0.3 is 5.97 Å². The molecule has 0 bridgehead atoms. The van der Waals surface area contributed by atoms with Crippen LogP contribution < -0.4 is 11.1 Å². The normalized spacial score (nSPS) is 20.6. The second-order valence-electron chi connectivity index (χ2n) is 4.94. The van der Waals surface area contributed by atoms with Crippen LogP contribution in [0.3, 0.4) is 0 Å². The summed E-state index contributed by atoms with van der Waals surface area (Å²) >= 11 is 0. The molecule has 1 unspecified atom stereocenters. The van der Waals surface area contributed by atoms with Gasteiger partial charge in [-0.3, -0.25) is 0 Å². The van der Waals surface area contributed by atoms with Gasteiger partial charge in [0.05, 0.1) is 24.2 Å². The van der Waals surface area contributed by atoms with Crippen molar-refractivity contribution in [2.24, 2.45) is 5.92 Å². The Balaban J connectivity index is 2.02. The van der Waals surface area contributed by atoms with Crippen LogP contribution in [-0.2, 0) is 14.6 Å². The van der Waals surface area contributed by atoms with Gasteiger partial charge in [-0.1, -0.05) is 0 Å². The molecule has 0 saturated carbocycles. The largest absolute Gasteiger partial charge is 0.465 e. The molecule has 110 valence electrons. The molecular weight excluding hydrogens is 280 g/mol. The van der Waals surface area contributed by atoms with Crippen molar-refractivity contribution in [3.63, 3.8) is 0 Å². The Morgan fingerprint density at radius 1 is 1.50 bits per heavy atom. The molecule has 0 aliphatic carbocycles. The van der Waals surface area contributed by atoms with Crippen molar-refractivity contribution in [3.8, 4) is 0 Å². The molecule has 1 heterocycles. The number of nitrogens with two attached hydrogens (primary N) is 1. The van der Waals surface area contributed by atoms with Gasteiger partial charge in [-0.05, 0) is 30.5 Å². The van der Waals surface area contributed by atoms with E-state index in [4.69, 9.17) is 5.73 Å². The van der Waals surface area contributed by atoms with Gasteiger partial charge in [-0.15, -0.1) is 0 Å². The Labute approximate surface area is 118 Å². The predicted molar refractivity (Wildman–Crippen MR) is 77.4 cm³/mol. The molecule has 0 spiro atoms. The molecule has 0 radical (unpaired) electrons. The van der Waals surface area contributed by atoms with E-state index in [9.17, 15) is 13.2 Å². The van der Waals surface area contributed by atoms with E-state index in [1.165, 1.54) is 7.11 Å².